The molecule has 0 atom stereocenters. The molecule has 0 aliphatic carbocycles. The van der Waals surface area contributed by atoms with Crippen LogP contribution >= 0.6 is 11.6 Å². The number of amides is 2. The molecule has 0 spiro atoms. The summed E-state index contributed by atoms with van der Waals surface area (Å²) in [7, 11) is -3.78. The summed E-state index contributed by atoms with van der Waals surface area (Å²) >= 11 is 6.15. The molecule has 0 unspecified atom stereocenters. The molecule has 31 heavy (non-hydrogen) atoms. The Labute approximate surface area is 185 Å². The zero-order chi connectivity index (χ0) is 22.6. The average molecular weight is 470 g/mol. The van der Waals surface area contributed by atoms with Crippen molar-refractivity contribution in [3.8, 4) is 11.5 Å². The molecule has 3 rings (SSSR count). The number of oxazole rings is 1. The van der Waals surface area contributed by atoms with Crippen LogP contribution in [0.1, 0.15) is 18.4 Å². The fraction of sp³-hybridized carbons (Fsp3) is 0.450. The third-order valence-corrected chi connectivity index (χ3v) is 6.58. The summed E-state index contributed by atoms with van der Waals surface area (Å²) in [5.41, 5.74) is 0.807. The molecule has 0 radical (unpaired) electrons. The Kier molecular flexibility index (Phi) is 7.22. The van der Waals surface area contributed by atoms with Crippen molar-refractivity contribution in [3.05, 3.63) is 40.7 Å². The van der Waals surface area contributed by atoms with E-state index in [2.05, 4.69) is 4.98 Å². The predicted octanol–water partition coefficient (Wildman–Crippen LogP) is 2.52. The first-order valence-corrected chi connectivity index (χ1v) is 12.0. The summed E-state index contributed by atoms with van der Waals surface area (Å²) in [6.45, 7) is 4.73. The van der Waals surface area contributed by atoms with Gasteiger partial charge in [0.15, 0.2) is 9.84 Å². The van der Waals surface area contributed by atoms with E-state index in [0.29, 0.717) is 29.4 Å². The van der Waals surface area contributed by atoms with Crippen LogP contribution < -0.4 is 0 Å². The number of ether oxygens (including phenoxy) is 1. The number of hydrogen-bond acceptors (Lipinski definition) is 7. The van der Waals surface area contributed by atoms with E-state index < -0.39 is 33.3 Å². The zero-order valence-corrected chi connectivity index (χ0v) is 18.9. The van der Waals surface area contributed by atoms with Crippen LogP contribution in [0.3, 0.4) is 0 Å². The van der Waals surface area contributed by atoms with Crippen LogP contribution in [0.5, 0.6) is 0 Å². The Morgan fingerprint density at radius 1 is 1.16 bits per heavy atom. The molecule has 0 saturated carbocycles. The van der Waals surface area contributed by atoms with Crippen molar-refractivity contribution in [2.75, 3.05) is 38.5 Å². The van der Waals surface area contributed by atoms with Crippen LogP contribution in [0.15, 0.2) is 28.7 Å². The summed E-state index contributed by atoms with van der Waals surface area (Å²) < 4.78 is 35.8. The SMILES string of the molecule is CCOC(=O)N1CCN(C(=O)CS(=O)(=O)Cc2nc(-c3ccccc3Cl)oc2C)CC1. The molecule has 2 aromatic rings. The van der Waals surface area contributed by atoms with Gasteiger partial charge in [-0.2, -0.15) is 0 Å². The van der Waals surface area contributed by atoms with E-state index in [4.69, 9.17) is 20.8 Å². The first-order chi connectivity index (χ1) is 14.7. The minimum atomic E-state index is -3.78. The lowest BCUT2D eigenvalue weighted by Crippen LogP contribution is -2.51. The largest absolute Gasteiger partial charge is 0.450 e. The molecule has 11 heteroatoms. The van der Waals surface area contributed by atoms with Gasteiger partial charge in [-0.25, -0.2) is 18.2 Å². The number of carbonyl (C=O) groups excluding carboxylic acids is 2. The van der Waals surface area contributed by atoms with Crippen LogP contribution in [0.2, 0.25) is 5.02 Å². The van der Waals surface area contributed by atoms with E-state index in [1.54, 1.807) is 38.1 Å². The molecule has 1 aliphatic rings. The van der Waals surface area contributed by atoms with Crippen LogP contribution in [0, 0.1) is 6.92 Å². The van der Waals surface area contributed by atoms with E-state index in [1.807, 2.05) is 0 Å². The molecular formula is C20H24ClN3O6S. The molecular weight excluding hydrogens is 446 g/mol. The number of halogens is 1. The average Bonchev–Trinajstić information content (AvgIpc) is 3.07. The van der Waals surface area contributed by atoms with Gasteiger partial charge < -0.3 is 19.0 Å². The topological polar surface area (TPSA) is 110 Å². The summed E-state index contributed by atoms with van der Waals surface area (Å²) in [5.74, 6) is -0.971. The van der Waals surface area contributed by atoms with Crippen molar-refractivity contribution in [2.24, 2.45) is 0 Å². The number of benzene rings is 1. The molecule has 2 amide bonds. The van der Waals surface area contributed by atoms with Gasteiger partial charge in [-0.3, -0.25) is 4.79 Å². The minimum Gasteiger partial charge on any atom is -0.450 e. The van der Waals surface area contributed by atoms with Gasteiger partial charge in [0.05, 0.1) is 28.6 Å². The number of sulfone groups is 1. The maximum Gasteiger partial charge on any atom is 0.409 e. The fourth-order valence-corrected chi connectivity index (χ4v) is 4.77. The Hall–Kier alpha value is -2.59. The second-order valence-electron chi connectivity index (χ2n) is 7.10. The van der Waals surface area contributed by atoms with Gasteiger partial charge in [-0.05, 0) is 26.0 Å². The fourth-order valence-electron chi connectivity index (χ4n) is 3.20. The number of carbonyl (C=O) groups is 2. The summed E-state index contributed by atoms with van der Waals surface area (Å²) in [4.78, 5) is 31.5. The molecule has 1 aromatic carbocycles. The number of rotatable bonds is 6. The third kappa shape index (κ3) is 5.76. The normalized spacial score (nSPS) is 14.5. The Morgan fingerprint density at radius 2 is 1.81 bits per heavy atom. The van der Waals surface area contributed by atoms with E-state index >= 15 is 0 Å². The van der Waals surface area contributed by atoms with E-state index in [9.17, 15) is 18.0 Å². The second-order valence-corrected chi connectivity index (χ2v) is 9.57. The Morgan fingerprint density at radius 3 is 2.45 bits per heavy atom. The summed E-state index contributed by atoms with van der Waals surface area (Å²) in [5, 5.41) is 0.440. The maximum atomic E-state index is 12.6. The van der Waals surface area contributed by atoms with Crippen molar-refractivity contribution in [2.45, 2.75) is 19.6 Å². The third-order valence-electron chi connectivity index (χ3n) is 4.86. The minimum absolute atomic E-state index is 0.231. The molecule has 0 N–H and O–H groups in total. The lowest BCUT2D eigenvalue weighted by Gasteiger charge is -2.34. The second kappa shape index (κ2) is 9.69. The highest BCUT2D eigenvalue weighted by molar-refractivity contribution is 7.91. The van der Waals surface area contributed by atoms with Crippen LogP contribution in [0.4, 0.5) is 4.79 Å². The van der Waals surface area contributed by atoms with Crippen molar-refractivity contribution >= 4 is 33.4 Å². The van der Waals surface area contributed by atoms with Gasteiger partial charge >= 0.3 is 6.09 Å². The van der Waals surface area contributed by atoms with Crippen molar-refractivity contribution in [1.82, 2.24) is 14.8 Å². The standard InChI is InChI=1S/C20H24ClN3O6S/c1-3-29-20(26)24-10-8-23(9-11-24)18(25)13-31(27,28)12-17-14(2)30-19(22-17)15-6-4-5-7-16(15)21/h4-7H,3,8-13H2,1-2H3. The zero-order valence-electron chi connectivity index (χ0n) is 17.3. The van der Waals surface area contributed by atoms with Crippen LogP contribution in [0.25, 0.3) is 11.5 Å². The summed E-state index contributed by atoms with van der Waals surface area (Å²) in [6.07, 6.45) is -0.432. The Bertz CT molecular complexity index is 1060. The Balaban J connectivity index is 1.61. The molecule has 168 valence electrons. The number of piperazine rings is 1. The van der Waals surface area contributed by atoms with Crippen LogP contribution in [-0.4, -0.2) is 73.7 Å². The highest BCUT2D eigenvalue weighted by atomic mass is 35.5. The molecule has 1 fully saturated rings. The monoisotopic (exact) mass is 469 g/mol. The van der Waals surface area contributed by atoms with Gasteiger partial charge in [0, 0.05) is 26.2 Å². The van der Waals surface area contributed by atoms with Crippen molar-refractivity contribution in [3.63, 3.8) is 0 Å². The smallest absolute Gasteiger partial charge is 0.409 e. The van der Waals surface area contributed by atoms with Crippen LogP contribution in [-0.2, 0) is 25.1 Å². The maximum absolute atomic E-state index is 12.6. The first kappa shape index (κ1) is 23.1. The van der Waals surface area contributed by atoms with Gasteiger partial charge in [-0.15, -0.1) is 0 Å². The lowest BCUT2D eigenvalue weighted by molar-refractivity contribution is -0.130. The number of nitrogens with zero attached hydrogens (tertiary/aromatic N) is 3. The number of hydrogen-bond donors (Lipinski definition) is 0. The molecule has 9 nitrogen and oxygen atoms in total. The number of aryl methyl sites for hydroxylation is 1. The molecule has 1 saturated heterocycles. The molecule has 2 heterocycles. The molecule has 0 bridgehead atoms. The van der Waals surface area contributed by atoms with Gasteiger partial charge in [0.1, 0.15) is 11.5 Å². The van der Waals surface area contributed by atoms with Gasteiger partial charge in [-0.1, -0.05) is 23.7 Å². The van der Waals surface area contributed by atoms with Crippen molar-refractivity contribution < 1.29 is 27.2 Å². The van der Waals surface area contributed by atoms with E-state index in [-0.39, 0.29) is 31.3 Å². The summed E-state index contributed by atoms with van der Waals surface area (Å²) in [6, 6.07) is 6.96. The highest BCUT2D eigenvalue weighted by Crippen LogP contribution is 2.29. The highest BCUT2D eigenvalue weighted by Gasteiger charge is 2.29. The first-order valence-electron chi connectivity index (χ1n) is 9.81. The lowest BCUT2D eigenvalue weighted by atomic mass is 10.2. The number of aromatic nitrogens is 1. The van der Waals surface area contributed by atoms with Crippen molar-refractivity contribution in [1.29, 1.82) is 0 Å². The quantitative estimate of drug-likeness (QED) is 0.639. The van der Waals surface area contributed by atoms with Gasteiger partial charge in [0.25, 0.3) is 0 Å². The molecule has 1 aromatic heterocycles. The van der Waals surface area contributed by atoms with E-state index in [1.165, 1.54) is 9.80 Å². The van der Waals surface area contributed by atoms with E-state index in [0.717, 1.165) is 0 Å². The van der Waals surface area contributed by atoms with Gasteiger partial charge in [0.2, 0.25) is 11.8 Å². The predicted molar refractivity (Wildman–Crippen MR) is 114 cm³/mol. The molecule has 1 aliphatic heterocycles.